The summed E-state index contributed by atoms with van der Waals surface area (Å²) in [6.07, 6.45) is 0. The van der Waals surface area contributed by atoms with Gasteiger partial charge in [0, 0.05) is 0 Å². The Morgan fingerprint density at radius 2 is 2.05 bits per heavy atom. The molecule has 3 nitrogen and oxygen atoms in total. The van der Waals surface area contributed by atoms with E-state index in [4.69, 9.17) is 20.8 Å². The van der Waals surface area contributed by atoms with Gasteiger partial charge in [-0.05, 0) is 53.8 Å². The maximum absolute atomic E-state index is 11.0. The van der Waals surface area contributed by atoms with Crippen LogP contribution in [0.15, 0.2) is 34.7 Å². The van der Waals surface area contributed by atoms with Crippen molar-refractivity contribution < 1.29 is 13.9 Å². The van der Waals surface area contributed by atoms with Gasteiger partial charge in [-0.2, -0.15) is 0 Å². The number of benzene rings is 1. The van der Waals surface area contributed by atoms with Gasteiger partial charge in [0.1, 0.15) is 18.1 Å². The molecule has 1 aromatic heterocycles. The van der Waals surface area contributed by atoms with Crippen molar-refractivity contribution in [1.29, 1.82) is 0 Å². The van der Waals surface area contributed by atoms with Gasteiger partial charge in [0.05, 0.1) is 0 Å². The van der Waals surface area contributed by atoms with E-state index >= 15 is 0 Å². The van der Waals surface area contributed by atoms with Crippen LogP contribution in [0, 0.1) is 6.92 Å². The Bertz CT molecular complexity index is 614. The van der Waals surface area contributed by atoms with Crippen LogP contribution < -0.4 is 4.74 Å². The zero-order valence-corrected chi connectivity index (χ0v) is 12.5. The molecular formula is C16H17ClO3. The Labute approximate surface area is 123 Å². The topological polar surface area (TPSA) is 39.4 Å². The second-order valence-electron chi connectivity index (χ2n) is 5.02. The predicted molar refractivity (Wildman–Crippen MR) is 78.5 cm³/mol. The summed E-state index contributed by atoms with van der Waals surface area (Å²) in [6.45, 7) is 6.53. The standard InChI is InChI=1S/C16H17ClO3/c1-10(2)13-6-4-11(3)8-15(13)19-9-12-5-7-14(20-12)16(17)18/h4-8,10H,9H2,1-3H3. The summed E-state index contributed by atoms with van der Waals surface area (Å²) in [5.74, 6) is 1.93. The molecule has 0 amide bonds. The summed E-state index contributed by atoms with van der Waals surface area (Å²) in [6, 6.07) is 9.39. The maximum atomic E-state index is 11.0. The summed E-state index contributed by atoms with van der Waals surface area (Å²) < 4.78 is 11.1. The number of hydrogen-bond acceptors (Lipinski definition) is 3. The number of halogens is 1. The monoisotopic (exact) mass is 292 g/mol. The average Bonchev–Trinajstić information content (AvgIpc) is 2.85. The number of furan rings is 1. The number of ether oxygens (including phenoxy) is 1. The third kappa shape index (κ3) is 3.42. The summed E-state index contributed by atoms with van der Waals surface area (Å²) in [7, 11) is 0. The third-order valence-corrected chi connectivity index (χ3v) is 3.20. The SMILES string of the molecule is Cc1ccc(C(C)C)c(OCc2ccc(C(=O)Cl)o2)c1. The highest BCUT2D eigenvalue weighted by Crippen LogP contribution is 2.28. The van der Waals surface area contributed by atoms with Crippen molar-refractivity contribution in [1.82, 2.24) is 0 Å². The molecule has 0 unspecified atom stereocenters. The fourth-order valence-corrected chi connectivity index (χ4v) is 2.06. The molecule has 0 radical (unpaired) electrons. The summed E-state index contributed by atoms with van der Waals surface area (Å²) in [4.78, 5) is 11.0. The van der Waals surface area contributed by atoms with Gasteiger partial charge in [-0.25, -0.2) is 0 Å². The first-order chi connectivity index (χ1) is 9.47. The zero-order valence-electron chi connectivity index (χ0n) is 11.8. The summed E-state index contributed by atoms with van der Waals surface area (Å²) in [5.41, 5.74) is 2.29. The quantitative estimate of drug-likeness (QED) is 0.752. The van der Waals surface area contributed by atoms with Crippen LogP contribution in [0.2, 0.25) is 0 Å². The normalized spacial score (nSPS) is 10.8. The van der Waals surface area contributed by atoms with Crippen molar-refractivity contribution in [3.8, 4) is 5.75 Å². The molecule has 0 saturated heterocycles. The molecule has 0 fully saturated rings. The lowest BCUT2D eigenvalue weighted by Crippen LogP contribution is -1.99. The van der Waals surface area contributed by atoms with E-state index < -0.39 is 5.24 Å². The van der Waals surface area contributed by atoms with E-state index in [9.17, 15) is 4.79 Å². The zero-order chi connectivity index (χ0) is 14.7. The first-order valence-corrected chi connectivity index (χ1v) is 6.87. The van der Waals surface area contributed by atoms with E-state index in [1.54, 1.807) is 12.1 Å². The van der Waals surface area contributed by atoms with Crippen LogP contribution in [-0.4, -0.2) is 5.24 Å². The molecule has 1 heterocycles. The molecule has 0 N–H and O–H groups in total. The van der Waals surface area contributed by atoms with Crippen LogP contribution in [0.4, 0.5) is 0 Å². The fraction of sp³-hybridized carbons (Fsp3) is 0.312. The van der Waals surface area contributed by atoms with Crippen LogP contribution in [0.1, 0.15) is 47.2 Å². The molecule has 0 aliphatic rings. The van der Waals surface area contributed by atoms with Gasteiger partial charge in [0.2, 0.25) is 0 Å². The predicted octanol–water partition coefficient (Wildman–Crippen LogP) is 4.67. The van der Waals surface area contributed by atoms with Gasteiger partial charge >= 0.3 is 0 Å². The van der Waals surface area contributed by atoms with Crippen molar-refractivity contribution in [3.05, 3.63) is 53.0 Å². The molecular weight excluding hydrogens is 276 g/mol. The Morgan fingerprint density at radius 1 is 1.30 bits per heavy atom. The van der Waals surface area contributed by atoms with Gasteiger partial charge in [0.25, 0.3) is 5.24 Å². The molecule has 0 aliphatic carbocycles. The van der Waals surface area contributed by atoms with E-state index in [2.05, 4.69) is 26.0 Å². The first-order valence-electron chi connectivity index (χ1n) is 6.49. The van der Waals surface area contributed by atoms with Crippen LogP contribution in [0.5, 0.6) is 5.75 Å². The number of carbonyl (C=O) groups is 1. The van der Waals surface area contributed by atoms with Crippen LogP contribution in [0.25, 0.3) is 0 Å². The second kappa shape index (κ2) is 6.14. The molecule has 0 bridgehead atoms. The second-order valence-corrected chi connectivity index (χ2v) is 5.37. The van der Waals surface area contributed by atoms with Gasteiger partial charge in [0.15, 0.2) is 5.76 Å². The van der Waals surface area contributed by atoms with Crippen molar-refractivity contribution >= 4 is 16.8 Å². The maximum Gasteiger partial charge on any atom is 0.287 e. The molecule has 1 aromatic carbocycles. The van der Waals surface area contributed by atoms with Crippen molar-refractivity contribution in [2.45, 2.75) is 33.3 Å². The smallest absolute Gasteiger partial charge is 0.287 e. The van der Waals surface area contributed by atoms with Crippen LogP contribution in [0.3, 0.4) is 0 Å². The highest BCUT2D eigenvalue weighted by Gasteiger charge is 2.11. The largest absolute Gasteiger partial charge is 0.485 e. The molecule has 0 atom stereocenters. The Balaban J connectivity index is 2.13. The first kappa shape index (κ1) is 14.7. The van der Waals surface area contributed by atoms with Gasteiger partial charge in [-0.15, -0.1) is 0 Å². The Hall–Kier alpha value is -1.74. The lowest BCUT2D eigenvalue weighted by molar-refractivity contribution is 0.105. The third-order valence-electron chi connectivity index (χ3n) is 3.02. The molecule has 0 aliphatic heterocycles. The molecule has 20 heavy (non-hydrogen) atoms. The lowest BCUT2D eigenvalue weighted by atomic mass is 10.0. The molecule has 0 saturated carbocycles. The number of hydrogen-bond donors (Lipinski definition) is 0. The minimum absolute atomic E-state index is 0.138. The Morgan fingerprint density at radius 3 is 2.65 bits per heavy atom. The van der Waals surface area contributed by atoms with Gasteiger partial charge in [-0.1, -0.05) is 26.0 Å². The van der Waals surface area contributed by atoms with Crippen LogP contribution >= 0.6 is 11.6 Å². The number of carbonyl (C=O) groups excluding carboxylic acids is 1. The highest BCUT2D eigenvalue weighted by molar-refractivity contribution is 6.67. The van der Waals surface area contributed by atoms with Gasteiger partial charge < -0.3 is 9.15 Å². The summed E-state index contributed by atoms with van der Waals surface area (Å²) in [5, 5.41) is -0.602. The minimum atomic E-state index is -0.602. The fourth-order valence-electron chi connectivity index (χ4n) is 1.95. The molecule has 106 valence electrons. The van der Waals surface area contributed by atoms with E-state index in [0.29, 0.717) is 11.7 Å². The van der Waals surface area contributed by atoms with E-state index in [-0.39, 0.29) is 12.4 Å². The lowest BCUT2D eigenvalue weighted by Gasteiger charge is -2.14. The van der Waals surface area contributed by atoms with E-state index in [1.807, 2.05) is 13.0 Å². The number of aryl methyl sites for hydroxylation is 1. The van der Waals surface area contributed by atoms with Crippen LogP contribution in [-0.2, 0) is 6.61 Å². The van der Waals surface area contributed by atoms with E-state index in [0.717, 1.165) is 16.9 Å². The molecule has 0 spiro atoms. The average molecular weight is 293 g/mol. The minimum Gasteiger partial charge on any atom is -0.485 e. The highest BCUT2D eigenvalue weighted by atomic mass is 35.5. The van der Waals surface area contributed by atoms with Crippen molar-refractivity contribution in [2.24, 2.45) is 0 Å². The number of rotatable bonds is 5. The van der Waals surface area contributed by atoms with E-state index in [1.165, 1.54) is 0 Å². The molecule has 2 rings (SSSR count). The van der Waals surface area contributed by atoms with Crippen molar-refractivity contribution in [3.63, 3.8) is 0 Å². The van der Waals surface area contributed by atoms with Crippen molar-refractivity contribution in [2.75, 3.05) is 0 Å². The Kier molecular flexibility index (Phi) is 4.50. The molecule has 4 heteroatoms. The van der Waals surface area contributed by atoms with Gasteiger partial charge in [-0.3, -0.25) is 4.79 Å². The molecule has 2 aromatic rings. The summed E-state index contributed by atoms with van der Waals surface area (Å²) >= 11 is 5.35.